The number of aldehydes is 1. The van der Waals surface area contributed by atoms with E-state index in [0.717, 1.165) is 49.9 Å². The zero-order valence-corrected chi connectivity index (χ0v) is 18.1. The van der Waals surface area contributed by atoms with E-state index in [4.69, 9.17) is 4.79 Å². The molecule has 1 aliphatic carbocycles. The fourth-order valence-electron chi connectivity index (χ4n) is 2.99. The van der Waals surface area contributed by atoms with Gasteiger partial charge < -0.3 is 20.3 Å². The van der Waals surface area contributed by atoms with Gasteiger partial charge >= 0.3 is 0 Å². The minimum absolute atomic E-state index is 0.0582. The Hall–Kier alpha value is -1.69. The van der Waals surface area contributed by atoms with Crippen LogP contribution in [0.25, 0.3) is 0 Å². The predicted molar refractivity (Wildman–Crippen MR) is 110 cm³/mol. The normalized spacial score (nSPS) is 15.3. The lowest BCUT2D eigenvalue weighted by Crippen LogP contribution is -2.29. The van der Waals surface area contributed by atoms with Crippen LogP contribution in [0.3, 0.4) is 0 Å². The van der Waals surface area contributed by atoms with Crippen molar-refractivity contribution in [3.8, 4) is 0 Å². The SMILES string of the molecule is CC=O.CNCCC(C)(C)CCN(C)C1=C(F)C=C(C(C)C(=O)NC)CC1. The Bertz CT molecular complexity index is 542. The number of hydrogen-bond donors (Lipinski definition) is 2. The third-order valence-electron chi connectivity index (χ3n) is 5.07. The van der Waals surface area contributed by atoms with E-state index in [-0.39, 0.29) is 23.1 Å². The lowest BCUT2D eigenvalue weighted by atomic mass is 9.85. The molecule has 27 heavy (non-hydrogen) atoms. The third kappa shape index (κ3) is 9.18. The van der Waals surface area contributed by atoms with Crippen molar-refractivity contribution >= 4 is 12.2 Å². The second-order valence-electron chi connectivity index (χ2n) is 7.77. The zero-order chi connectivity index (χ0) is 21.0. The monoisotopic (exact) mass is 383 g/mol. The number of rotatable bonds is 9. The Morgan fingerprint density at radius 3 is 2.41 bits per heavy atom. The predicted octanol–water partition coefficient (Wildman–Crippen LogP) is 3.43. The average molecular weight is 384 g/mol. The van der Waals surface area contributed by atoms with Crippen LogP contribution in [0.5, 0.6) is 0 Å². The van der Waals surface area contributed by atoms with Gasteiger partial charge in [0, 0.05) is 26.3 Å². The van der Waals surface area contributed by atoms with Crippen molar-refractivity contribution in [1.29, 1.82) is 0 Å². The molecule has 1 aliphatic rings. The quantitative estimate of drug-likeness (QED) is 0.599. The highest BCUT2D eigenvalue weighted by Gasteiger charge is 2.24. The van der Waals surface area contributed by atoms with Gasteiger partial charge in [0.15, 0.2) is 0 Å². The number of nitrogens with zero attached hydrogens (tertiary/aromatic N) is 1. The van der Waals surface area contributed by atoms with Gasteiger partial charge in [-0.1, -0.05) is 19.4 Å². The standard InChI is InChI=1S/C19H34FN3O.C2H4O/c1-14(18(24)22-5)15-7-8-17(16(20)13-15)23(6)12-10-19(2,3)9-11-21-4;1-2-3/h13-14,21H,7-12H2,1-6H3,(H,22,24);2H,1H3. The Balaban J connectivity index is 0.00000210. The molecule has 0 fully saturated rings. The molecule has 0 aromatic carbocycles. The minimum Gasteiger partial charge on any atom is -0.376 e. The number of carbonyl (C=O) groups is 2. The van der Waals surface area contributed by atoms with Crippen molar-refractivity contribution in [2.75, 3.05) is 34.2 Å². The molecule has 1 amide bonds. The highest BCUT2D eigenvalue weighted by atomic mass is 19.1. The first kappa shape index (κ1) is 25.3. The number of allylic oxidation sites excluding steroid dienone is 3. The van der Waals surface area contributed by atoms with Gasteiger partial charge in [0.25, 0.3) is 0 Å². The molecule has 0 heterocycles. The van der Waals surface area contributed by atoms with Crippen LogP contribution in [-0.4, -0.2) is 51.3 Å². The zero-order valence-electron chi connectivity index (χ0n) is 18.1. The van der Waals surface area contributed by atoms with Gasteiger partial charge in [0.05, 0.1) is 5.92 Å². The summed E-state index contributed by atoms with van der Waals surface area (Å²) in [6.07, 6.45) is 5.83. The Morgan fingerprint density at radius 2 is 1.93 bits per heavy atom. The lowest BCUT2D eigenvalue weighted by molar-refractivity contribution is -0.123. The van der Waals surface area contributed by atoms with Gasteiger partial charge in [-0.25, -0.2) is 4.39 Å². The third-order valence-corrected chi connectivity index (χ3v) is 5.07. The van der Waals surface area contributed by atoms with E-state index in [9.17, 15) is 9.18 Å². The van der Waals surface area contributed by atoms with Gasteiger partial charge in [-0.2, -0.15) is 0 Å². The molecular formula is C21H38FN3O2. The van der Waals surface area contributed by atoms with Crippen LogP contribution in [-0.2, 0) is 9.59 Å². The lowest BCUT2D eigenvalue weighted by Gasteiger charge is -2.31. The summed E-state index contributed by atoms with van der Waals surface area (Å²) < 4.78 is 14.5. The van der Waals surface area contributed by atoms with Crippen LogP contribution in [0.15, 0.2) is 23.2 Å². The highest BCUT2D eigenvalue weighted by Crippen LogP contribution is 2.32. The second kappa shape index (κ2) is 12.7. The summed E-state index contributed by atoms with van der Waals surface area (Å²) in [6.45, 7) is 9.63. The van der Waals surface area contributed by atoms with E-state index >= 15 is 0 Å². The number of carbonyl (C=O) groups excluding carboxylic acids is 2. The summed E-state index contributed by atoms with van der Waals surface area (Å²) in [5, 5.41) is 5.82. The molecule has 0 aromatic heterocycles. The average Bonchev–Trinajstić information content (AvgIpc) is 2.63. The van der Waals surface area contributed by atoms with Gasteiger partial charge in [0.2, 0.25) is 5.91 Å². The van der Waals surface area contributed by atoms with E-state index < -0.39 is 0 Å². The van der Waals surface area contributed by atoms with E-state index in [0.29, 0.717) is 6.42 Å². The molecule has 0 saturated carbocycles. The number of halogens is 1. The molecule has 1 rings (SSSR count). The molecule has 5 nitrogen and oxygen atoms in total. The first-order valence-corrected chi connectivity index (χ1v) is 9.69. The van der Waals surface area contributed by atoms with Gasteiger partial charge in [-0.3, -0.25) is 4.79 Å². The van der Waals surface area contributed by atoms with Crippen molar-refractivity contribution in [2.24, 2.45) is 11.3 Å². The van der Waals surface area contributed by atoms with Crippen molar-refractivity contribution in [1.82, 2.24) is 15.5 Å². The Kier molecular flexibility index (Phi) is 11.9. The second-order valence-corrected chi connectivity index (χ2v) is 7.77. The summed E-state index contributed by atoms with van der Waals surface area (Å²) in [4.78, 5) is 22.6. The smallest absolute Gasteiger partial charge is 0.226 e. The molecule has 1 unspecified atom stereocenters. The molecule has 0 aliphatic heterocycles. The van der Waals surface area contributed by atoms with Crippen LogP contribution in [0.2, 0.25) is 0 Å². The largest absolute Gasteiger partial charge is 0.376 e. The van der Waals surface area contributed by atoms with Gasteiger partial charge in [-0.15, -0.1) is 0 Å². The van der Waals surface area contributed by atoms with Crippen LogP contribution in [0, 0.1) is 11.3 Å². The number of nitrogens with one attached hydrogen (secondary N) is 2. The molecule has 0 radical (unpaired) electrons. The fourth-order valence-corrected chi connectivity index (χ4v) is 2.99. The van der Waals surface area contributed by atoms with Crippen LogP contribution in [0.1, 0.15) is 53.4 Å². The van der Waals surface area contributed by atoms with Gasteiger partial charge in [0.1, 0.15) is 12.1 Å². The molecule has 0 saturated heterocycles. The molecular weight excluding hydrogens is 345 g/mol. The Morgan fingerprint density at radius 1 is 1.33 bits per heavy atom. The maximum absolute atomic E-state index is 14.5. The van der Waals surface area contributed by atoms with Crippen LogP contribution in [0.4, 0.5) is 4.39 Å². The van der Waals surface area contributed by atoms with Crippen molar-refractivity contribution in [2.45, 2.75) is 53.4 Å². The van der Waals surface area contributed by atoms with Crippen LogP contribution < -0.4 is 10.6 Å². The molecule has 2 N–H and O–H groups in total. The summed E-state index contributed by atoms with van der Waals surface area (Å²) in [6, 6.07) is 0. The minimum atomic E-state index is -0.270. The Labute approximate surface area is 164 Å². The highest BCUT2D eigenvalue weighted by molar-refractivity contribution is 5.81. The first-order chi connectivity index (χ1) is 12.6. The molecule has 0 spiro atoms. The maximum atomic E-state index is 14.5. The number of hydrogen-bond acceptors (Lipinski definition) is 4. The molecule has 156 valence electrons. The summed E-state index contributed by atoms with van der Waals surface area (Å²) in [5.41, 5.74) is 1.86. The summed E-state index contributed by atoms with van der Waals surface area (Å²) in [7, 11) is 5.54. The maximum Gasteiger partial charge on any atom is 0.226 e. The molecule has 1 atom stereocenters. The van der Waals surface area contributed by atoms with Crippen molar-refractivity contribution < 1.29 is 14.0 Å². The van der Waals surface area contributed by atoms with Crippen molar-refractivity contribution in [3.63, 3.8) is 0 Å². The van der Waals surface area contributed by atoms with E-state index in [1.807, 2.05) is 25.9 Å². The molecule has 0 bridgehead atoms. The topological polar surface area (TPSA) is 61.4 Å². The first-order valence-electron chi connectivity index (χ1n) is 9.69. The van der Waals surface area contributed by atoms with Gasteiger partial charge in [-0.05, 0) is 64.6 Å². The summed E-state index contributed by atoms with van der Waals surface area (Å²) >= 11 is 0. The van der Waals surface area contributed by atoms with E-state index in [1.165, 1.54) is 6.92 Å². The molecule has 0 aromatic rings. The summed E-state index contributed by atoms with van der Waals surface area (Å²) in [5.74, 6) is -0.521. The fraction of sp³-hybridized carbons (Fsp3) is 0.714. The molecule has 6 heteroatoms. The number of amides is 1. The van der Waals surface area contributed by atoms with E-state index in [1.54, 1.807) is 13.1 Å². The van der Waals surface area contributed by atoms with Crippen molar-refractivity contribution in [3.05, 3.63) is 23.2 Å². The van der Waals surface area contributed by atoms with E-state index in [2.05, 4.69) is 24.5 Å². The van der Waals surface area contributed by atoms with Crippen LogP contribution >= 0.6 is 0 Å².